The van der Waals surface area contributed by atoms with Crippen LogP contribution in [0.3, 0.4) is 0 Å². The van der Waals surface area contributed by atoms with Gasteiger partial charge in [-0.3, -0.25) is 19.4 Å². The van der Waals surface area contributed by atoms with Gasteiger partial charge in [-0.05, 0) is 96.7 Å². The van der Waals surface area contributed by atoms with Gasteiger partial charge in [0.1, 0.15) is 27.3 Å². The van der Waals surface area contributed by atoms with Crippen LogP contribution in [0.15, 0.2) is 105 Å². The van der Waals surface area contributed by atoms with Crippen molar-refractivity contribution in [2.75, 3.05) is 17.7 Å². The number of carbonyl (C=O) groups is 3. The molecule has 280 valence electrons. The number of carbonyl (C=O) groups excluding carboxylic acids is 3. The summed E-state index contributed by atoms with van der Waals surface area (Å²) in [6.07, 6.45) is -1.67. The van der Waals surface area contributed by atoms with Gasteiger partial charge in [0, 0.05) is 17.9 Å². The molecule has 0 aliphatic heterocycles. The van der Waals surface area contributed by atoms with Crippen LogP contribution in [0.1, 0.15) is 22.8 Å². The summed E-state index contributed by atoms with van der Waals surface area (Å²) in [5.74, 6) is -2.16. The molecule has 0 saturated carbocycles. The Morgan fingerprint density at radius 1 is 0.893 bits per heavy atom. The van der Waals surface area contributed by atoms with Gasteiger partial charge in [0.15, 0.2) is 5.75 Å². The fourth-order valence-corrected chi connectivity index (χ4v) is 6.20. The molecule has 1 atom stereocenters. The van der Waals surface area contributed by atoms with E-state index in [2.05, 4.69) is 30.2 Å². The molecule has 56 heavy (non-hydrogen) atoms. The number of anilines is 2. The zero-order valence-corrected chi connectivity index (χ0v) is 36.6. The fraction of sp³-hybridized carbons (Fsp3) is 0.114. The molecule has 0 heterocycles. The number of methoxy groups -OCH3 is 1. The number of nitrogens with zero attached hydrogens (tertiary/aromatic N) is 2. The zero-order chi connectivity index (χ0) is 39.2. The number of halogens is 1. The Hall–Kier alpha value is -3.60. The number of nitrogens with one attached hydrogen (secondary N) is 2. The number of phenols is 1. The third kappa shape index (κ3) is 11.7. The monoisotopic (exact) mass is 840 g/mol. The molecule has 2 amide bonds. The summed E-state index contributed by atoms with van der Waals surface area (Å²) in [7, 11) is -3.54. The van der Waals surface area contributed by atoms with Crippen LogP contribution >= 0.6 is 23.6 Å². The molecule has 0 radical (unpaired) electrons. The minimum absolute atomic E-state index is 0. The molecular weight excluding hydrogens is 814 g/mol. The summed E-state index contributed by atoms with van der Waals surface area (Å²) in [6, 6.07) is 19.8. The molecule has 16 nitrogen and oxygen atoms in total. The Morgan fingerprint density at radius 2 is 1.55 bits per heavy atom. The van der Waals surface area contributed by atoms with E-state index in [9.17, 15) is 37.7 Å². The standard InChI is InChI=1S/C35H29ClN4O12S2.2Na/c1-18-4-13-26(36)27(14-18)38-35(44)34(32(42)20-5-9-23(49-3)10-6-20)50-24-11-7-22(8-12-24)39-40-31-29(53-52-51-45)16-21-15-25(54(46,47)48)17-28(37-19(2)41)30(21)33(31)43;;/h4-17,34,43,45H,1-3H3,(H,37,41)(H,38,44)(H,46,47,48);;/q;2*+1/p-2. The molecule has 0 aliphatic rings. The van der Waals surface area contributed by atoms with Crippen molar-refractivity contribution in [3.63, 3.8) is 0 Å². The van der Waals surface area contributed by atoms with Crippen molar-refractivity contribution >= 4 is 84.9 Å². The molecule has 1 unspecified atom stereocenters. The normalized spacial score (nSPS) is 11.6. The summed E-state index contributed by atoms with van der Waals surface area (Å²) in [5, 5.41) is 38.6. The Balaban J connectivity index is 0.00000420. The number of ether oxygens (including phenoxy) is 2. The first-order valence-electron chi connectivity index (χ1n) is 15.3. The summed E-state index contributed by atoms with van der Waals surface area (Å²) in [5.41, 5.74) is 0.891. The maximum Gasteiger partial charge on any atom is 1.00 e. The first-order chi connectivity index (χ1) is 25.7. The second kappa shape index (κ2) is 20.7. The molecule has 0 saturated heterocycles. The number of hydrogen-bond donors (Lipinski definition) is 3. The smallest absolute Gasteiger partial charge is 0.744 e. The van der Waals surface area contributed by atoms with Crippen molar-refractivity contribution in [1.82, 2.24) is 0 Å². The number of Topliss-reactive ketones (excluding diaryl/α,β-unsaturated/α-hetero) is 1. The van der Waals surface area contributed by atoms with Gasteiger partial charge in [-0.2, -0.15) is 9.45 Å². The van der Waals surface area contributed by atoms with E-state index in [4.69, 9.17) is 21.1 Å². The number of benzene rings is 5. The van der Waals surface area contributed by atoms with E-state index in [1.165, 1.54) is 49.6 Å². The predicted molar refractivity (Wildman–Crippen MR) is 193 cm³/mol. The Labute approximate surface area is 373 Å². The second-order valence-electron chi connectivity index (χ2n) is 11.3. The van der Waals surface area contributed by atoms with Crippen LogP contribution in [-0.2, 0) is 29.1 Å². The van der Waals surface area contributed by atoms with Gasteiger partial charge in [-0.1, -0.05) is 17.7 Å². The van der Waals surface area contributed by atoms with E-state index >= 15 is 0 Å². The number of fused-ring (bicyclic) bond motifs is 1. The number of ketones is 1. The summed E-state index contributed by atoms with van der Waals surface area (Å²) >= 11 is 6.57. The van der Waals surface area contributed by atoms with Crippen molar-refractivity contribution in [2.45, 2.75) is 29.7 Å². The van der Waals surface area contributed by atoms with E-state index in [1.54, 1.807) is 37.3 Å². The third-order valence-electron chi connectivity index (χ3n) is 7.46. The summed E-state index contributed by atoms with van der Waals surface area (Å²) in [4.78, 5) is 38.2. The van der Waals surface area contributed by atoms with Crippen LogP contribution in [0.5, 0.6) is 17.2 Å². The van der Waals surface area contributed by atoms with E-state index in [0.717, 1.165) is 24.6 Å². The number of rotatable bonds is 14. The summed E-state index contributed by atoms with van der Waals surface area (Å²) < 4.78 is 50.9. The van der Waals surface area contributed by atoms with Crippen LogP contribution < -0.4 is 84.5 Å². The Morgan fingerprint density at radius 3 is 2.16 bits per heavy atom. The van der Waals surface area contributed by atoms with E-state index in [1.807, 2.05) is 0 Å². The molecule has 5 aromatic carbocycles. The SMILES string of the molecule is COc1ccc(C(=O)C(Oc2ccc(N=Nc3c(SOO[O-])cc4cc(S(=O)(=O)[O-])cc(NC(C)=O)c4c3O)cc2)C(=O)Nc2cc(C)ccc2Cl)cc1.[Na+].[Na+]. The van der Waals surface area contributed by atoms with Crippen LogP contribution in [0.2, 0.25) is 5.02 Å². The first kappa shape index (κ1) is 46.8. The fourth-order valence-electron chi connectivity index (χ4n) is 5.00. The van der Waals surface area contributed by atoms with Crippen molar-refractivity contribution in [3.05, 3.63) is 101 Å². The number of hydrogen-bond acceptors (Lipinski definition) is 15. The van der Waals surface area contributed by atoms with Crippen molar-refractivity contribution in [3.8, 4) is 17.2 Å². The van der Waals surface area contributed by atoms with Crippen LogP contribution in [0, 0.1) is 6.92 Å². The van der Waals surface area contributed by atoms with Gasteiger partial charge in [-0.15, -0.1) is 5.11 Å². The van der Waals surface area contributed by atoms with Crippen molar-refractivity contribution < 1.29 is 116 Å². The largest absolute Gasteiger partial charge is 1.00 e. The van der Waals surface area contributed by atoms with E-state index < -0.39 is 44.5 Å². The molecule has 3 N–H and O–H groups in total. The molecule has 0 aromatic heterocycles. The topological polar surface area (TPSA) is 237 Å². The minimum Gasteiger partial charge on any atom is -0.744 e. The summed E-state index contributed by atoms with van der Waals surface area (Å²) in [6.45, 7) is 2.93. The van der Waals surface area contributed by atoms with Gasteiger partial charge in [0.05, 0.1) is 51.0 Å². The molecule has 0 fully saturated rings. The molecular formula is C35H27ClN4Na2O12S2. The third-order valence-corrected chi connectivity index (χ3v) is 9.22. The van der Waals surface area contributed by atoms with Crippen molar-refractivity contribution in [1.29, 1.82) is 0 Å². The second-order valence-corrected chi connectivity index (χ2v) is 13.8. The number of aryl methyl sites for hydroxylation is 1. The number of azo groups is 1. The van der Waals surface area contributed by atoms with E-state index in [0.29, 0.717) is 17.8 Å². The van der Waals surface area contributed by atoms with Gasteiger partial charge in [-0.25, -0.2) is 8.42 Å². The zero-order valence-electron chi connectivity index (χ0n) is 30.2. The van der Waals surface area contributed by atoms with Crippen LogP contribution in [0.25, 0.3) is 10.8 Å². The number of amides is 2. The maximum absolute atomic E-state index is 13.6. The van der Waals surface area contributed by atoms with Crippen LogP contribution in [0.4, 0.5) is 22.7 Å². The average Bonchev–Trinajstić information content (AvgIpc) is 3.13. The van der Waals surface area contributed by atoms with Crippen LogP contribution in [-0.4, -0.2) is 48.9 Å². The van der Waals surface area contributed by atoms with Gasteiger partial charge in [0.25, 0.3) is 5.91 Å². The Kier molecular flexibility index (Phi) is 17.3. The number of phenolic OH excluding ortho intramolecular Hbond substituents is 1. The molecule has 0 bridgehead atoms. The van der Waals surface area contributed by atoms with E-state index in [-0.39, 0.29) is 114 Å². The molecule has 5 aromatic rings. The number of aromatic hydroxyl groups is 1. The quantitative estimate of drug-likeness (QED) is 0.0200. The maximum atomic E-state index is 13.6. The average molecular weight is 841 g/mol. The molecule has 0 spiro atoms. The van der Waals surface area contributed by atoms with Gasteiger partial charge >= 0.3 is 59.1 Å². The molecule has 0 aliphatic carbocycles. The van der Waals surface area contributed by atoms with Crippen molar-refractivity contribution in [2.24, 2.45) is 10.2 Å². The molecule has 5 rings (SSSR count). The predicted octanol–water partition coefficient (Wildman–Crippen LogP) is 0.301. The van der Waals surface area contributed by atoms with Gasteiger partial charge < -0.3 is 35.0 Å². The minimum atomic E-state index is -5.01. The van der Waals surface area contributed by atoms with Gasteiger partial charge in [0.2, 0.25) is 17.8 Å². The molecule has 21 heteroatoms. The Bertz CT molecular complexity index is 2390. The first-order valence-corrected chi connectivity index (χ1v) is 17.9.